The van der Waals surface area contributed by atoms with Crippen molar-refractivity contribution < 1.29 is 68.1 Å². The average Bonchev–Trinajstić information content (AvgIpc) is 3.15. The Hall–Kier alpha value is -6.05. The van der Waals surface area contributed by atoms with Crippen molar-refractivity contribution in [2.45, 2.75) is 56.2 Å². The lowest BCUT2D eigenvalue weighted by atomic mass is 9.92. The SMILES string of the molecule is CCc1cc(CNC(=O)[C@](O)(c2ccccc2)C(F)(F)F)c(F)cc1C#N.N#Cc1cc(C(F)(F)F)cc(CNC(=O)[C@](O)(c2ccccc2)C(F)(F)F)c1F. The molecule has 0 radical (unpaired) electrons. The summed E-state index contributed by atoms with van der Waals surface area (Å²) in [6.45, 7) is 0.0251. The van der Waals surface area contributed by atoms with E-state index < -0.39 is 94.1 Å². The molecule has 4 aromatic rings. The third kappa shape index (κ3) is 9.42. The molecule has 0 heterocycles. The Morgan fingerprint density at radius 3 is 1.41 bits per heavy atom. The summed E-state index contributed by atoms with van der Waals surface area (Å²) in [4.78, 5) is 24.4. The maximum absolute atomic E-state index is 14.1. The minimum absolute atomic E-state index is 0.0863. The number of hydrogen-bond acceptors (Lipinski definition) is 6. The first-order valence-electron chi connectivity index (χ1n) is 15.7. The molecule has 2 amide bonds. The van der Waals surface area contributed by atoms with Crippen LogP contribution in [0, 0.1) is 34.3 Å². The largest absolute Gasteiger partial charge is 0.430 e. The minimum Gasteiger partial charge on any atom is -0.369 e. The highest BCUT2D eigenvalue weighted by molar-refractivity contribution is 5.88. The third-order valence-electron chi connectivity index (χ3n) is 8.11. The lowest BCUT2D eigenvalue weighted by Gasteiger charge is -2.29. The van der Waals surface area contributed by atoms with Crippen LogP contribution in [0.2, 0.25) is 0 Å². The first kappa shape index (κ1) is 44.3. The van der Waals surface area contributed by atoms with E-state index in [-0.39, 0.29) is 23.3 Å². The minimum atomic E-state index is -5.48. The highest BCUT2D eigenvalue weighted by atomic mass is 19.4. The van der Waals surface area contributed by atoms with E-state index in [1.165, 1.54) is 36.4 Å². The molecule has 0 unspecified atom stereocenters. The molecule has 0 spiro atoms. The number of nitrogens with one attached hydrogen (secondary N) is 2. The third-order valence-corrected chi connectivity index (χ3v) is 8.11. The second-order valence-electron chi connectivity index (χ2n) is 11.7. The standard InChI is InChI=1S/C19H16F4N2O2.C18H11F7N2O2/c1-2-12-8-14(16(20)9-13(12)10-24)11-25-17(26)18(27,19(21,22)23)15-6-4-3-5-7-15;19-14-10(8-26)6-13(17(20,21)22)7-11(14)9-27-15(28)16(29,18(23,24)25)12-4-2-1-3-5-12/h3-9,27H,2,11H2,1H3,(H,25,26);1-7,29H,9H2,(H,27,28)/t18-;16-/m11/s1. The summed E-state index contributed by atoms with van der Waals surface area (Å²) in [5, 5.41) is 41.5. The van der Waals surface area contributed by atoms with Crippen molar-refractivity contribution in [1.29, 1.82) is 10.5 Å². The van der Waals surface area contributed by atoms with E-state index in [9.17, 15) is 68.1 Å². The van der Waals surface area contributed by atoms with Gasteiger partial charge in [-0.2, -0.15) is 50.0 Å². The summed E-state index contributed by atoms with van der Waals surface area (Å²) < 4.78 is 147. The highest BCUT2D eigenvalue weighted by Gasteiger charge is 2.61. The predicted octanol–water partition coefficient (Wildman–Crippen LogP) is 7.11. The van der Waals surface area contributed by atoms with Crippen LogP contribution >= 0.6 is 0 Å². The van der Waals surface area contributed by atoms with Crippen molar-refractivity contribution in [3.05, 3.63) is 141 Å². The van der Waals surface area contributed by atoms with Crippen LogP contribution in [0.15, 0.2) is 84.9 Å². The predicted molar refractivity (Wildman–Crippen MR) is 173 cm³/mol. The average molecular weight is 801 g/mol. The lowest BCUT2D eigenvalue weighted by molar-refractivity contribution is -0.257. The van der Waals surface area contributed by atoms with E-state index in [4.69, 9.17) is 10.5 Å². The number of benzene rings is 4. The second-order valence-corrected chi connectivity index (χ2v) is 11.7. The van der Waals surface area contributed by atoms with E-state index in [1.54, 1.807) is 12.2 Å². The number of aryl methyl sites for hydroxylation is 1. The smallest absolute Gasteiger partial charge is 0.369 e. The molecular formula is C37H27F11N4O4. The Kier molecular flexibility index (Phi) is 13.6. The van der Waals surface area contributed by atoms with Gasteiger partial charge in [-0.05, 0) is 36.2 Å². The van der Waals surface area contributed by atoms with Gasteiger partial charge in [-0.1, -0.05) is 67.6 Å². The number of alkyl halides is 9. The van der Waals surface area contributed by atoms with Crippen LogP contribution in [0.1, 0.15) is 51.4 Å². The zero-order valence-electron chi connectivity index (χ0n) is 28.5. The van der Waals surface area contributed by atoms with Crippen LogP contribution in [0.5, 0.6) is 0 Å². The number of nitriles is 2. The van der Waals surface area contributed by atoms with Crippen LogP contribution in [0.3, 0.4) is 0 Å². The van der Waals surface area contributed by atoms with Gasteiger partial charge in [0.05, 0.1) is 22.8 Å². The first-order valence-corrected chi connectivity index (χ1v) is 15.7. The molecule has 0 aliphatic heterocycles. The molecule has 0 aromatic heterocycles. The topological polar surface area (TPSA) is 146 Å². The molecule has 296 valence electrons. The van der Waals surface area contributed by atoms with Crippen LogP contribution in [-0.4, -0.2) is 34.4 Å². The molecule has 0 saturated heterocycles. The molecule has 0 fully saturated rings. The Balaban J connectivity index is 0.000000301. The summed E-state index contributed by atoms with van der Waals surface area (Å²) in [5.41, 5.74) is -12.1. The fourth-order valence-corrected chi connectivity index (χ4v) is 5.07. The lowest BCUT2D eigenvalue weighted by Crippen LogP contribution is -2.54. The van der Waals surface area contributed by atoms with Gasteiger partial charge in [-0.3, -0.25) is 9.59 Å². The quantitative estimate of drug-likeness (QED) is 0.133. The number of carbonyl (C=O) groups excluding carboxylic acids is 2. The Morgan fingerprint density at radius 2 is 1.04 bits per heavy atom. The van der Waals surface area contributed by atoms with Crippen molar-refractivity contribution in [2.24, 2.45) is 0 Å². The van der Waals surface area contributed by atoms with Crippen molar-refractivity contribution >= 4 is 11.8 Å². The number of rotatable bonds is 9. The van der Waals surface area contributed by atoms with Gasteiger partial charge in [0.25, 0.3) is 23.0 Å². The van der Waals surface area contributed by atoms with E-state index in [1.807, 2.05) is 11.4 Å². The molecule has 4 aromatic carbocycles. The van der Waals surface area contributed by atoms with Gasteiger partial charge < -0.3 is 20.8 Å². The maximum atomic E-state index is 14.1. The molecule has 19 heteroatoms. The van der Waals surface area contributed by atoms with Gasteiger partial charge >= 0.3 is 18.5 Å². The molecule has 4 N–H and O–H groups in total. The monoisotopic (exact) mass is 800 g/mol. The van der Waals surface area contributed by atoms with E-state index in [2.05, 4.69) is 0 Å². The van der Waals surface area contributed by atoms with E-state index in [0.717, 1.165) is 42.5 Å². The zero-order chi connectivity index (χ0) is 42.3. The van der Waals surface area contributed by atoms with Gasteiger partial charge in [0.2, 0.25) is 0 Å². The maximum Gasteiger partial charge on any atom is 0.430 e. The molecule has 8 nitrogen and oxygen atoms in total. The number of halogens is 11. The summed E-state index contributed by atoms with van der Waals surface area (Å²) in [6.07, 6.45) is -15.3. The Labute approximate surface area is 310 Å². The summed E-state index contributed by atoms with van der Waals surface area (Å²) in [6, 6.07) is 16.9. The fraction of sp³-hybridized carbons (Fsp3) is 0.243. The number of aliphatic hydroxyl groups is 2. The summed E-state index contributed by atoms with van der Waals surface area (Å²) in [5.74, 6) is -6.01. The van der Waals surface area contributed by atoms with Crippen molar-refractivity contribution in [3.63, 3.8) is 0 Å². The van der Waals surface area contributed by atoms with Gasteiger partial charge in [0, 0.05) is 35.3 Å². The highest BCUT2D eigenvalue weighted by Crippen LogP contribution is 2.40. The molecule has 56 heavy (non-hydrogen) atoms. The normalized spacial score (nSPS) is 13.8. The first-order chi connectivity index (χ1) is 26.0. The molecule has 0 aliphatic rings. The van der Waals surface area contributed by atoms with Crippen LogP contribution in [-0.2, 0) is 46.5 Å². The fourth-order valence-electron chi connectivity index (χ4n) is 5.07. The van der Waals surface area contributed by atoms with Crippen LogP contribution < -0.4 is 10.6 Å². The van der Waals surface area contributed by atoms with E-state index >= 15 is 0 Å². The van der Waals surface area contributed by atoms with Crippen molar-refractivity contribution in [2.75, 3.05) is 0 Å². The zero-order valence-corrected chi connectivity index (χ0v) is 28.5. The van der Waals surface area contributed by atoms with Crippen LogP contribution in [0.4, 0.5) is 48.3 Å². The Morgan fingerprint density at radius 1 is 0.607 bits per heavy atom. The number of carbonyl (C=O) groups is 2. The molecular weight excluding hydrogens is 773 g/mol. The number of nitrogens with zero attached hydrogens (tertiary/aromatic N) is 2. The summed E-state index contributed by atoms with van der Waals surface area (Å²) in [7, 11) is 0. The van der Waals surface area contributed by atoms with Crippen molar-refractivity contribution in [1.82, 2.24) is 10.6 Å². The number of amides is 2. The van der Waals surface area contributed by atoms with Gasteiger partial charge in [0.1, 0.15) is 17.7 Å². The van der Waals surface area contributed by atoms with E-state index in [0.29, 0.717) is 12.0 Å². The molecule has 4 rings (SSSR count). The van der Waals surface area contributed by atoms with Crippen LogP contribution in [0.25, 0.3) is 0 Å². The molecule has 0 saturated carbocycles. The number of hydrogen-bond donors (Lipinski definition) is 4. The molecule has 0 bridgehead atoms. The Bertz CT molecular complexity index is 2130. The molecule has 2 atom stereocenters. The van der Waals surface area contributed by atoms with Gasteiger partial charge in [-0.25, -0.2) is 8.78 Å². The van der Waals surface area contributed by atoms with Gasteiger partial charge in [-0.15, -0.1) is 0 Å². The second kappa shape index (κ2) is 17.2. The molecule has 0 aliphatic carbocycles. The van der Waals surface area contributed by atoms with Crippen molar-refractivity contribution in [3.8, 4) is 12.1 Å². The summed E-state index contributed by atoms with van der Waals surface area (Å²) >= 11 is 0. The van der Waals surface area contributed by atoms with Gasteiger partial charge in [0.15, 0.2) is 0 Å².